The first-order chi connectivity index (χ1) is 9.74. The summed E-state index contributed by atoms with van der Waals surface area (Å²) in [4.78, 5) is 31.9. The average molecular weight is 272 g/mol. The lowest BCUT2D eigenvalue weighted by molar-refractivity contribution is 0.0679. The van der Waals surface area contributed by atoms with Gasteiger partial charge in [0.05, 0.1) is 17.9 Å². The number of hydrogen-bond acceptors (Lipinski definition) is 3. The molecule has 104 valence electrons. The molecule has 0 aromatic carbocycles. The zero-order valence-corrected chi connectivity index (χ0v) is 11.0. The fraction of sp³-hybridized carbons (Fsp3) is 0.357. The molecule has 3 rings (SSSR count). The third-order valence-electron chi connectivity index (χ3n) is 3.66. The van der Waals surface area contributed by atoms with Crippen LogP contribution in [0.5, 0.6) is 0 Å². The van der Waals surface area contributed by atoms with E-state index in [4.69, 9.17) is 0 Å². The summed E-state index contributed by atoms with van der Waals surface area (Å²) in [7, 11) is 0. The average Bonchev–Trinajstić information content (AvgIpc) is 3.02. The molecule has 1 amide bonds. The van der Waals surface area contributed by atoms with Gasteiger partial charge in [-0.15, -0.1) is 0 Å². The van der Waals surface area contributed by atoms with Gasteiger partial charge in [-0.3, -0.25) is 9.59 Å². The maximum Gasteiger partial charge on any atom is 0.255 e. The van der Waals surface area contributed by atoms with Crippen molar-refractivity contribution in [3.05, 3.63) is 53.0 Å². The van der Waals surface area contributed by atoms with Gasteiger partial charge in [0, 0.05) is 37.7 Å². The molecule has 6 nitrogen and oxygen atoms in total. The van der Waals surface area contributed by atoms with E-state index in [0.29, 0.717) is 12.1 Å². The number of aromatic nitrogens is 3. The van der Waals surface area contributed by atoms with Gasteiger partial charge >= 0.3 is 0 Å². The van der Waals surface area contributed by atoms with E-state index in [0.717, 1.165) is 19.4 Å². The lowest BCUT2D eigenvalue weighted by Crippen LogP contribution is -2.40. The van der Waals surface area contributed by atoms with Crippen LogP contribution in [0.2, 0.25) is 0 Å². The summed E-state index contributed by atoms with van der Waals surface area (Å²) in [6.07, 6.45) is 8.97. The molecule has 0 aliphatic carbocycles. The molecule has 3 heterocycles. The van der Waals surface area contributed by atoms with Crippen LogP contribution in [0.25, 0.3) is 0 Å². The molecule has 20 heavy (non-hydrogen) atoms. The number of pyridine rings is 1. The monoisotopic (exact) mass is 272 g/mol. The Labute approximate surface area is 116 Å². The molecule has 2 aromatic heterocycles. The second-order valence-electron chi connectivity index (χ2n) is 5.00. The Morgan fingerprint density at radius 2 is 2.30 bits per heavy atom. The number of nitrogens with zero attached hydrogens (tertiary/aromatic N) is 3. The van der Waals surface area contributed by atoms with Crippen molar-refractivity contribution in [2.75, 3.05) is 13.1 Å². The van der Waals surface area contributed by atoms with Gasteiger partial charge in [0.25, 0.3) is 5.91 Å². The van der Waals surface area contributed by atoms with Crippen LogP contribution in [0.1, 0.15) is 29.2 Å². The molecular weight excluding hydrogens is 256 g/mol. The number of rotatable bonds is 2. The standard InChI is InChI=1S/C14H16N4O2/c19-13-4-3-11(8-16-13)14(20)17-6-1-2-12(9-17)18-7-5-15-10-18/h3-5,7-8,10,12H,1-2,6,9H2,(H,16,19)/t12-/m0/s1. The van der Waals surface area contributed by atoms with Crippen LogP contribution in [-0.4, -0.2) is 38.4 Å². The summed E-state index contributed by atoms with van der Waals surface area (Å²) in [5.41, 5.74) is 0.326. The predicted octanol–water partition coefficient (Wildman–Crippen LogP) is 1.05. The first-order valence-electron chi connectivity index (χ1n) is 6.69. The highest BCUT2D eigenvalue weighted by Crippen LogP contribution is 2.22. The van der Waals surface area contributed by atoms with Crippen LogP contribution < -0.4 is 5.56 Å². The van der Waals surface area contributed by atoms with Crippen molar-refractivity contribution in [2.24, 2.45) is 0 Å². The van der Waals surface area contributed by atoms with E-state index in [1.54, 1.807) is 18.6 Å². The maximum atomic E-state index is 12.4. The molecule has 1 fully saturated rings. The number of carbonyl (C=O) groups is 1. The second kappa shape index (κ2) is 5.32. The molecule has 6 heteroatoms. The number of H-pyrrole nitrogens is 1. The van der Waals surface area contributed by atoms with Gasteiger partial charge in [-0.1, -0.05) is 0 Å². The zero-order valence-electron chi connectivity index (χ0n) is 11.0. The number of piperidine rings is 1. The van der Waals surface area contributed by atoms with Crippen LogP contribution in [0, 0.1) is 0 Å². The van der Waals surface area contributed by atoms with Crippen molar-refractivity contribution < 1.29 is 4.79 Å². The molecule has 1 atom stereocenters. The summed E-state index contributed by atoms with van der Waals surface area (Å²) in [6.45, 7) is 1.43. The lowest BCUT2D eigenvalue weighted by atomic mass is 10.0. The molecular formula is C14H16N4O2. The zero-order chi connectivity index (χ0) is 13.9. The molecule has 0 bridgehead atoms. The summed E-state index contributed by atoms with van der Waals surface area (Å²) < 4.78 is 2.05. The quantitative estimate of drug-likeness (QED) is 0.888. The summed E-state index contributed by atoms with van der Waals surface area (Å²) in [6, 6.07) is 3.23. The Balaban J connectivity index is 1.75. The van der Waals surface area contributed by atoms with Crippen molar-refractivity contribution in [3.8, 4) is 0 Å². The molecule has 0 saturated carbocycles. The largest absolute Gasteiger partial charge is 0.337 e. The number of aromatic amines is 1. The molecule has 1 aliphatic rings. The highest BCUT2D eigenvalue weighted by molar-refractivity contribution is 5.93. The Morgan fingerprint density at radius 1 is 1.40 bits per heavy atom. The van der Waals surface area contributed by atoms with E-state index in [9.17, 15) is 9.59 Å². The molecule has 1 saturated heterocycles. The number of hydrogen-bond donors (Lipinski definition) is 1. The Kier molecular flexibility index (Phi) is 3.37. The van der Waals surface area contributed by atoms with Crippen molar-refractivity contribution in [1.82, 2.24) is 19.4 Å². The topological polar surface area (TPSA) is 71.0 Å². The van der Waals surface area contributed by atoms with Crippen molar-refractivity contribution in [3.63, 3.8) is 0 Å². The number of likely N-dealkylation sites (tertiary alicyclic amines) is 1. The van der Waals surface area contributed by atoms with E-state index < -0.39 is 0 Å². The first-order valence-corrected chi connectivity index (χ1v) is 6.69. The van der Waals surface area contributed by atoms with Gasteiger partial charge in [-0.25, -0.2) is 4.98 Å². The predicted molar refractivity (Wildman–Crippen MR) is 73.5 cm³/mol. The summed E-state index contributed by atoms with van der Waals surface area (Å²) in [5, 5.41) is 0. The van der Waals surface area contributed by atoms with Gasteiger partial charge in [0.1, 0.15) is 0 Å². The third kappa shape index (κ3) is 2.49. The van der Waals surface area contributed by atoms with Gasteiger partial charge in [0.2, 0.25) is 5.56 Å². The Hall–Kier alpha value is -2.37. The van der Waals surface area contributed by atoms with E-state index in [-0.39, 0.29) is 17.5 Å². The van der Waals surface area contributed by atoms with Crippen molar-refractivity contribution in [2.45, 2.75) is 18.9 Å². The SMILES string of the molecule is O=C(c1ccc(=O)[nH]c1)N1CCC[C@H](n2ccnc2)C1. The van der Waals surface area contributed by atoms with Crippen LogP contribution in [-0.2, 0) is 0 Å². The molecule has 2 aromatic rings. The van der Waals surface area contributed by atoms with Gasteiger partial charge in [0.15, 0.2) is 0 Å². The van der Waals surface area contributed by atoms with E-state index >= 15 is 0 Å². The molecule has 0 spiro atoms. The van der Waals surface area contributed by atoms with Gasteiger partial charge < -0.3 is 14.5 Å². The Morgan fingerprint density at radius 3 is 3.00 bits per heavy atom. The van der Waals surface area contributed by atoms with Crippen molar-refractivity contribution in [1.29, 1.82) is 0 Å². The molecule has 0 radical (unpaired) electrons. The smallest absolute Gasteiger partial charge is 0.255 e. The van der Waals surface area contributed by atoms with Crippen LogP contribution in [0.3, 0.4) is 0 Å². The fourth-order valence-electron chi connectivity index (χ4n) is 2.59. The number of imidazole rings is 1. The van der Waals surface area contributed by atoms with E-state index in [2.05, 4.69) is 9.97 Å². The fourth-order valence-corrected chi connectivity index (χ4v) is 2.59. The van der Waals surface area contributed by atoms with Gasteiger partial charge in [-0.2, -0.15) is 0 Å². The van der Waals surface area contributed by atoms with Gasteiger partial charge in [-0.05, 0) is 18.9 Å². The summed E-state index contributed by atoms with van der Waals surface area (Å²) >= 11 is 0. The molecule has 1 aliphatic heterocycles. The normalized spacial score (nSPS) is 19.0. The minimum atomic E-state index is -0.198. The highest BCUT2D eigenvalue weighted by Gasteiger charge is 2.25. The first kappa shape index (κ1) is 12.7. The molecule has 0 unspecified atom stereocenters. The number of nitrogens with one attached hydrogen (secondary N) is 1. The maximum absolute atomic E-state index is 12.4. The lowest BCUT2D eigenvalue weighted by Gasteiger charge is -2.33. The third-order valence-corrected chi connectivity index (χ3v) is 3.66. The number of amides is 1. The van der Waals surface area contributed by atoms with Crippen LogP contribution >= 0.6 is 0 Å². The minimum absolute atomic E-state index is 0.0361. The molecule has 1 N–H and O–H groups in total. The summed E-state index contributed by atoms with van der Waals surface area (Å²) in [5.74, 6) is -0.0361. The second-order valence-corrected chi connectivity index (χ2v) is 5.00. The number of carbonyl (C=O) groups excluding carboxylic acids is 1. The van der Waals surface area contributed by atoms with Crippen LogP contribution in [0.4, 0.5) is 0 Å². The minimum Gasteiger partial charge on any atom is -0.337 e. The van der Waals surface area contributed by atoms with Crippen molar-refractivity contribution >= 4 is 5.91 Å². The van der Waals surface area contributed by atoms with Crippen LogP contribution in [0.15, 0.2) is 41.8 Å². The Bertz CT molecular complexity index is 627. The van der Waals surface area contributed by atoms with E-state index in [1.807, 2.05) is 15.7 Å². The highest BCUT2D eigenvalue weighted by atomic mass is 16.2. The van der Waals surface area contributed by atoms with E-state index in [1.165, 1.54) is 12.3 Å².